The smallest absolute Gasteiger partial charge is 0.255 e. The van der Waals surface area contributed by atoms with Crippen LogP contribution in [0.4, 0.5) is 0 Å². The van der Waals surface area contributed by atoms with E-state index in [2.05, 4.69) is 5.32 Å². The van der Waals surface area contributed by atoms with Crippen LogP contribution in [0.25, 0.3) is 0 Å². The minimum atomic E-state index is -0.204. The summed E-state index contributed by atoms with van der Waals surface area (Å²) in [7, 11) is 0. The van der Waals surface area contributed by atoms with Crippen molar-refractivity contribution in [2.75, 3.05) is 26.3 Å². The molecule has 2 aliphatic rings. The molecule has 5 nitrogen and oxygen atoms in total. The molecule has 0 aliphatic carbocycles. The number of carbonyl (C=O) groups excluding carboxylic acids is 2. The van der Waals surface area contributed by atoms with E-state index in [-0.39, 0.29) is 31.1 Å². The van der Waals surface area contributed by atoms with Gasteiger partial charge in [-0.15, -0.1) is 0 Å². The van der Waals surface area contributed by atoms with E-state index in [1.165, 1.54) is 4.90 Å². The zero-order valence-corrected chi connectivity index (χ0v) is 7.28. The van der Waals surface area contributed by atoms with Gasteiger partial charge in [-0.2, -0.15) is 0 Å². The monoisotopic (exact) mass is 184 g/mol. The number of ether oxygens (including phenoxy) is 1. The second-order valence-corrected chi connectivity index (χ2v) is 3.30. The molecule has 5 heteroatoms. The second-order valence-electron chi connectivity index (χ2n) is 3.30. The number of nitrogens with one attached hydrogen (secondary N) is 1. The first-order valence-corrected chi connectivity index (χ1v) is 4.42. The lowest BCUT2D eigenvalue weighted by Crippen LogP contribution is -2.52. The van der Waals surface area contributed by atoms with Gasteiger partial charge in [-0.25, -0.2) is 0 Å². The Bertz CT molecular complexity index is 220. The summed E-state index contributed by atoms with van der Waals surface area (Å²) in [6, 6.07) is 0.0453. The van der Waals surface area contributed by atoms with Gasteiger partial charge in [0.05, 0.1) is 6.04 Å². The predicted molar refractivity (Wildman–Crippen MR) is 43.9 cm³/mol. The Kier molecular flexibility index (Phi) is 2.28. The van der Waals surface area contributed by atoms with Gasteiger partial charge in [-0.1, -0.05) is 0 Å². The molecule has 2 saturated heterocycles. The molecule has 72 valence electrons. The minimum Gasteiger partial charge on any atom is -0.362 e. The summed E-state index contributed by atoms with van der Waals surface area (Å²) in [6.45, 7) is 1.69. The number of hydrogen-bond donors (Lipinski definition) is 1. The third-order valence-electron chi connectivity index (χ3n) is 2.39. The van der Waals surface area contributed by atoms with Crippen LogP contribution >= 0.6 is 0 Å². The van der Waals surface area contributed by atoms with Crippen LogP contribution in [0.1, 0.15) is 6.42 Å². The fourth-order valence-electron chi connectivity index (χ4n) is 1.77. The Hall–Kier alpha value is -0.940. The lowest BCUT2D eigenvalue weighted by atomic mass is 10.2. The van der Waals surface area contributed by atoms with Gasteiger partial charge in [-0.05, 0) is 13.0 Å². The number of carbonyl (C=O) groups is 2. The van der Waals surface area contributed by atoms with Gasteiger partial charge in [0.15, 0.2) is 0 Å². The molecule has 2 aliphatic heterocycles. The molecule has 2 fully saturated rings. The maximum Gasteiger partial charge on any atom is 0.255 e. The van der Waals surface area contributed by atoms with E-state index in [1.54, 1.807) is 0 Å². The van der Waals surface area contributed by atoms with Gasteiger partial charge >= 0.3 is 0 Å². The molecule has 0 aromatic rings. The van der Waals surface area contributed by atoms with Gasteiger partial charge in [-0.3, -0.25) is 14.5 Å². The Morgan fingerprint density at radius 3 is 2.54 bits per heavy atom. The summed E-state index contributed by atoms with van der Waals surface area (Å²) >= 11 is 0. The molecule has 0 aromatic heterocycles. The maximum atomic E-state index is 11.3. The molecular weight excluding hydrogens is 172 g/mol. The van der Waals surface area contributed by atoms with Crippen molar-refractivity contribution in [3.63, 3.8) is 0 Å². The third kappa shape index (κ3) is 1.57. The molecule has 0 radical (unpaired) electrons. The van der Waals surface area contributed by atoms with Gasteiger partial charge < -0.3 is 10.1 Å². The van der Waals surface area contributed by atoms with E-state index < -0.39 is 0 Å². The van der Waals surface area contributed by atoms with Gasteiger partial charge in [0, 0.05) is 6.54 Å². The standard InChI is InChI=1S/C8H12N2O3/c11-7-4-13-5-8(12)10(7)6-1-2-9-3-6/h6,9H,1-5H2/t6-/m0/s1. The average molecular weight is 184 g/mol. The highest BCUT2D eigenvalue weighted by Gasteiger charge is 2.34. The topological polar surface area (TPSA) is 58.6 Å². The average Bonchev–Trinajstić information content (AvgIpc) is 2.57. The molecule has 1 atom stereocenters. The summed E-state index contributed by atoms with van der Waals surface area (Å²) in [6.07, 6.45) is 0.859. The molecule has 0 bridgehead atoms. The number of imide groups is 1. The maximum absolute atomic E-state index is 11.3. The fraction of sp³-hybridized carbons (Fsp3) is 0.750. The molecule has 0 aromatic carbocycles. The third-order valence-corrected chi connectivity index (χ3v) is 2.39. The SMILES string of the molecule is O=C1COCC(=O)N1[C@H]1CCNC1. The first kappa shape index (κ1) is 8.65. The molecule has 2 amide bonds. The van der Waals surface area contributed by atoms with Crippen LogP contribution < -0.4 is 5.32 Å². The molecule has 0 unspecified atom stereocenters. The predicted octanol–water partition coefficient (Wildman–Crippen LogP) is -1.27. The van der Waals surface area contributed by atoms with E-state index in [9.17, 15) is 9.59 Å². The van der Waals surface area contributed by atoms with Crippen molar-refractivity contribution < 1.29 is 14.3 Å². The van der Waals surface area contributed by atoms with E-state index in [0.29, 0.717) is 0 Å². The number of nitrogens with zero attached hydrogens (tertiary/aromatic N) is 1. The van der Waals surface area contributed by atoms with Crippen LogP contribution in [-0.4, -0.2) is 49.1 Å². The fourth-order valence-corrected chi connectivity index (χ4v) is 1.77. The highest BCUT2D eigenvalue weighted by Crippen LogP contribution is 2.12. The summed E-state index contributed by atoms with van der Waals surface area (Å²) in [5.41, 5.74) is 0. The van der Waals surface area contributed by atoms with Gasteiger partial charge in [0.2, 0.25) is 0 Å². The van der Waals surface area contributed by atoms with Crippen molar-refractivity contribution in [2.24, 2.45) is 0 Å². The first-order valence-electron chi connectivity index (χ1n) is 4.42. The number of amides is 2. The molecular formula is C8H12N2O3. The molecule has 0 spiro atoms. The first-order chi connectivity index (χ1) is 6.29. The van der Waals surface area contributed by atoms with Crippen molar-refractivity contribution in [1.29, 1.82) is 0 Å². The highest BCUT2D eigenvalue weighted by atomic mass is 16.5. The summed E-state index contributed by atoms with van der Waals surface area (Å²) < 4.78 is 4.82. The minimum absolute atomic E-state index is 0.0439. The van der Waals surface area contributed by atoms with Crippen molar-refractivity contribution in [3.8, 4) is 0 Å². The van der Waals surface area contributed by atoms with Crippen molar-refractivity contribution >= 4 is 11.8 Å². The van der Waals surface area contributed by atoms with Gasteiger partial charge in [0.25, 0.3) is 11.8 Å². The quantitative estimate of drug-likeness (QED) is 0.516. The van der Waals surface area contributed by atoms with E-state index in [1.807, 2.05) is 0 Å². The van der Waals surface area contributed by atoms with Crippen molar-refractivity contribution in [3.05, 3.63) is 0 Å². The summed E-state index contributed by atoms with van der Waals surface area (Å²) in [4.78, 5) is 24.0. The van der Waals surface area contributed by atoms with Crippen LogP contribution in [-0.2, 0) is 14.3 Å². The molecule has 1 N–H and O–H groups in total. The summed E-state index contributed by atoms with van der Waals surface area (Å²) in [5.74, 6) is -0.407. The lowest BCUT2D eigenvalue weighted by molar-refractivity contribution is -0.161. The Morgan fingerprint density at radius 2 is 2.00 bits per heavy atom. The Balaban J connectivity index is 2.08. The van der Waals surface area contributed by atoms with Crippen LogP contribution in [0.2, 0.25) is 0 Å². The highest BCUT2D eigenvalue weighted by molar-refractivity contribution is 5.98. The molecule has 2 heterocycles. The summed E-state index contributed by atoms with van der Waals surface area (Å²) in [5, 5.41) is 3.12. The zero-order chi connectivity index (χ0) is 9.26. The van der Waals surface area contributed by atoms with Crippen LogP contribution in [0.3, 0.4) is 0 Å². The lowest BCUT2D eigenvalue weighted by Gasteiger charge is -2.29. The number of rotatable bonds is 1. The van der Waals surface area contributed by atoms with E-state index >= 15 is 0 Å². The van der Waals surface area contributed by atoms with Gasteiger partial charge in [0.1, 0.15) is 13.2 Å². The van der Waals surface area contributed by atoms with E-state index in [4.69, 9.17) is 4.74 Å². The largest absolute Gasteiger partial charge is 0.362 e. The van der Waals surface area contributed by atoms with Crippen LogP contribution in [0.15, 0.2) is 0 Å². The normalized spacial score (nSPS) is 29.8. The van der Waals surface area contributed by atoms with E-state index in [0.717, 1.165) is 19.5 Å². The second kappa shape index (κ2) is 3.43. The van der Waals surface area contributed by atoms with Crippen molar-refractivity contribution in [2.45, 2.75) is 12.5 Å². The molecule has 2 rings (SSSR count). The Labute approximate surface area is 76.0 Å². The molecule has 0 saturated carbocycles. The van der Waals surface area contributed by atoms with Crippen LogP contribution in [0, 0.1) is 0 Å². The Morgan fingerprint density at radius 1 is 1.31 bits per heavy atom. The van der Waals surface area contributed by atoms with Crippen molar-refractivity contribution in [1.82, 2.24) is 10.2 Å². The number of hydrogen-bond acceptors (Lipinski definition) is 4. The number of morpholine rings is 1. The zero-order valence-electron chi connectivity index (χ0n) is 7.28. The molecule has 13 heavy (non-hydrogen) atoms. The van der Waals surface area contributed by atoms with Crippen LogP contribution in [0.5, 0.6) is 0 Å².